The first-order chi connectivity index (χ1) is 10.0. The first kappa shape index (κ1) is 14.1. The molecule has 0 saturated carbocycles. The molecule has 0 bridgehead atoms. The summed E-state index contributed by atoms with van der Waals surface area (Å²) in [5, 5.41) is 36.0. The Bertz CT molecular complexity index is 646. The zero-order valence-electron chi connectivity index (χ0n) is 11.6. The highest BCUT2D eigenvalue weighted by Crippen LogP contribution is 2.36. The van der Waals surface area contributed by atoms with Gasteiger partial charge in [-0.25, -0.2) is 9.97 Å². The van der Waals surface area contributed by atoms with Crippen molar-refractivity contribution in [1.29, 1.82) is 0 Å². The molecule has 4 atom stereocenters. The maximum Gasteiger partial charge on any atom is 0.160 e. The number of aromatic nitrogens is 4. The Balaban J connectivity index is 2.04. The quantitative estimate of drug-likeness (QED) is 0.543. The lowest BCUT2D eigenvalue weighted by atomic mass is 10.1. The second kappa shape index (κ2) is 5.19. The van der Waals surface area contributed by atoms with Crippen LogP contribution >= 0.6 is 0 Å². The van der Waals surface area contributed by atoms with Gasteiger partial charge in [0.05, 0.1) is 12.3 Å². The van der Waals surface area contributed by atoms with Crippen molar-refractivity contribution < 1.29 is 20.1 Å². The number of fused-ring (bicyclic) bond motifs is 1. The molecule has 2 aromatic rings. The van der Waals surface area contributed by atoms with Crippen molar-refractivity contribution in [3.05, 3.63) is 12.0 Å². The Morgan fingerprint density at radius 3 is 2.62 bits per heavy atom. The lowest BCUT2D eigenvalue weighted by Gasteiger charge is -2.13. The van der Waals surface area contributed by atoms with Crippen LogP contribution in [0.15, 0.2) is 6.33 Å². The van der Waals surface area contributed by atoms with Crippen molar-refractivity contribution in [3.8, 4) is 0 Å². The van der Waals surface area contributed by atoms with E-state index in [0.29, 0.717) is 22.5 Å². The number of aliphatic hydroxyl groups is 3. The maximum atomic E-state index is 10.1. The van der Waals surface area contributed by atoms with Crippen LogP contribution in [-0.2, 0) is 4.74 Å². The summed E-state index contributed by atoms with van der Waals surface area (Å²) in [7, 11) is 3.67. The SMILES string of the molecule is CN(C)c1ncnc2c([C@@H]3O[C@H](CO)[C@@H](O)[C@H]3O)[nH]nc12. The van der Waals surface area contributed by atoms with Gasteiger partial charge in [0.2, 0.25) is 0 Å². The van der Waals surface area contributed by atoms with Gasteiger partial charge in [-0.15, -0.1) is 0 Å². The zero-order chi connectivity index (χ0) is 15.1. The number of hydrogen-bond donors (Lipinski definition) is 4. The number of ether oxygens (including phenoxy) is 1. The molecule has 9 nitrogen and oxygen atoms in total. The second-order valence-corrected chi connectivity index (χ2v) is 5.19. The zero-order valence-corrected chi connectivity index (χ0v) is 11.6. The molecule has 3 rings (SSSR count). The molecule has 1 saturated heterocycles. The van der Waals surface area contributed by atoms with Crippen molar-refractivity contribution in [2.45, 2.75) is 24.4 Å². The maximum absolute atomic E-state index is 10.1. The first-order valence-corrected chi connectivity index (χ1v) is 6.53. The van der Waals surface area contributed by atoms with Gasteiger partial charge in [0.25, 0.3) is 0 Å². The predicted octanol–water partition coefficient (Wildman–Crippen LogP) is -1.43. The predicted molar refractivity (Wildman–Crippen MR) is 72.7 cm³/mol. The van der Waals surface area contributed by atoms with E-state index < -0.39 is 24.4 Å². The molecule has 2 aromatic heterocycles. The third kappa shape index (κ3) is 2.14. The largest absolute Gasteiger partial charge is 0.394 e. The van der Waals surface area contributed by atoms with Crippen molar-refractivity contribution in [1.82, 2.24) is 20.2 Å². The summed E-state index contributed by atoms with van der Waals surface area (Å²) in [6.07, 6.45) is -2.58. The summed E-state index contributed by atoms with van der Waals surface area (Å²) in [5.74, 6) is 0.634. The third-order valence-corrected chi connectivity index (χ3v) is 3.60. The third-order valence-electron chi connectivity index (χ3n) is 3.60. The van der Waals surface area contributed by atoms with E-state index in [0.717, 1.165) is 0 Å². The molecule has 0 unspecified atom stereocenters. The van der Waals surface area contributed by atoms with Crippen LogP contribution in [0.3, 0.4) is 0 Å². The fraction of sp³-hybridized carbons (Fsp3) is 0.583. The van der Waals surface area contributed by atoms with Gasteiger partial charge in [0.1, 0.15) is 36.3 Å². The van der Waals surface area contributed by atoms with Crippen molar-refractivity contribution in [2.24, 2.45) is 0 Å². The minimum absolute atomic E-state index is 0.376. The number of nitrogens with zero attached hydrogens (tertiary/aromatic N) is 4. The normalized spacial score (nSPS) is 29.2. The number of nitrogens with one attached hydrogen (secondary N) is 1. The molecular weight excluding hydrogens is 278 g/mol. The van der Waals surface area contributed by atoms with E-state index >= 15 is 0 Å². The molecule has 0 aliphatic carbocycles. The topological polar surface area (TPSA) is 128 Å². The van der Waals surface area contributed by atoms with Crippen LogP contribution in [-0.4, -0.2) is 74.5 Å². The smallest absolute Gasteiger partial charge is 0.160 e. The lowest BCUT2D eigenvalue weighted by Crippen LogP contribution is -2.32. The molecule has 1 fully saturated rings. The van der Waals surface area contributed by atoms with E-state index in [1.807, 2.05) is 14.1 Å². The van der Waals surface area contributed by atoms with E-state index in [1.54, 1.807) is 4.90 Å². The van der Waals surface area contributed by atoms with Gasteiger partial charge < -0.3 is 25.0 Å². The average molecular weight is 295 g/mol. The van der Waals surface area contributed by atoms with Crippen LogP contribution in [0.1, 0.15) is 11.8 Å². The van der Waals surface area contributed by atoms with E-state index in [1.165, 1.54) is 6.33 Å². The van der Waals surface area contributed by atoms with E-state index in [2.05, 4.69) is 20.2 Å². The van der Waals surface area contributed by atoms with Gasteiger partial charge in [-0.05, 0) is 0 Å². The van der Waals surface area contributed by atoms with E-state index in [4.69, 9.17) is 9.84 Å². The van der Waals surface area contributed by atoms with Crippen molar-refractivity contribution in [2.75, 3.05) is 25.6 Å². The minimum Gasteiger partial charge on any atom is -0.394 e. The van der Waals surface area contributed by atoms with Crippen LogP contribution in [0.5, 0.6) is 0 Å². The fourth-order valence-electron chi connectivity index (χ4n) is 2.50. The van der Waals surface area contributed by atoms with Gasteiger partial charge in [-0.1, -0.05) is 0 Å². The minimum atomic E-state index is -1.16. The summed E-state index contributed by atoms with van der Waals surface area (Å²) in [5.41, 5.74) is 1.52. The molecule has 3 heterocycles. The van der Waals surface area contributed by atoms with Gasteiger partial charge in [0.15, 0.2) is 11.3 Å². The Hall–Kier alpha value is -1.81. The number of rotatable bonds is 3. The Morgan fingerprint density at radius 2 is 2.00 bits per heavy atom. The van der Waals surface area contributed by atoms with Crippen molar-refractivity contribution in [3.63, 3.8) is 0 Å². The van der Waals surface area contributed by atoms with Crippen molar-refractivity contribution >= 4 is 16.9 Å². The van der Waals surface area contributed by atoms with E-state index in [-0.39, 0.29) is 6.61 Å². The summed E-state index contributed by atoms with van der Waals surface area (Å²) in [6, 6.07) is 0. The highest BCUT2D eigenvalue weighted by molar-refractivity contribution is 5.87. The molecule has 0 aromatic carbocycles. The Labute approximate surface area is 120 Å². The summed E-state index contributed by atoms with van der Waals surface area (Å²) in [4.78, 5) is 10.1. The molecular formula is C12H17N5O4. The highest BCUT2D eigenvalue weighted by Gasteiger charge is 2.44. The molecule has 114 valence electrons. The molecule has 4 N–H and O–H groups in total. The van der Waals surface area contributed by atoms with Gasteiger partial charge in [0, 0.05) is 14.1 Å². The Kier molecular flexibility index (Phi) is 3.49. The molecule has 1 aliphatic rings. The fourth-order valence-corrected chi connectivity index (χ4v) is 2.50. The monoisotopic (exact) mass is 295 g/mol. The van der Waals surface area contributed by atoms with Crippen LogP contribution in [0.4, 0.5) is 5.82 Å². The van der Waals surface area contributed by atoms with E-state index in [9.17, 15) is 10.2 Å². The molecule has 0 amide bonds. The number of anilines is 1. The summed E-state index contributed by atoms with van der Waals surface area (Å²) >= 11 is 0. The van der Waals surface area contributed by atoms with Gasteiger partial charge >= 0.3 is 0 Å². The molecule has 21 heavy (non-hydrogen) atoms. The molecule has 9 heteroatoms. The van der Waals surface area contributed by atoms with Crippen LogP contribution in [0.25, 0.3) is 11.0 Å². The number of hydrogen-bond acceptors (Lipinski definition) is 8. The standard InChI is InChI=1S/C12H17N5O4/c1-17(2)12-8-6(13-4-14-12)7(15-16-8)11-10(20)9(19)5(3-18)21-11/h4-5,9-11,18-20H,3H2,1-2H3,(H,15,16)/t5-,9-,10-,11+/m1/s1. The lowest BCUT2D eigenvalue weighted by molar-refractivity contribution is -0.0236. The summed E-state index contributed by atoms with van der Waals surface area (Å²) < 4.78 is 5.49. The second-order valence-electron chi connectivity index (χ2n) is 5.19. The first-order valence-electron chi connectivity index (χ1n) is 6.53. The number of aromatic amines is 1. The number of H-pyrrole nitrogens is 1. The highest BCUT2D eigenvalue weighted by atomic mass is 16.6. The van der Waals surface area contributed by atoms with Crippen LogP contribution in [0.2, 0.25) is 0 Å². The Morgan fingerprint density at radius 1 is 1.24 bits per heavy atom. The van der Waals surface area contributed by atoms with Gasteiger partial charge in [-0.2, -0.15) is 5.10 Å². The molecule has 0 spiro atoms. The van der Waals surface area contributed by atoms with Crippen LogP contribution < -0.4 is 4.90 Å². The number of aliphatic hydroxyl groups excluding tert-OH is 3. The van der Waals surface area contributed by atoms with Gasteiger partial charge in [-0.3, -0.25) is 5.10 Å². The molecule has 0 radical (unpaired) electrons. The average Bonchev–Trinajstić information content (AvgIpc) is 3.01. The molecule has 1 aliphatic heterocycles. The summed E-state index contributed by atoms with van der Waals surface area (Å²) in [6.45, 7) is -0.376. The van der Waals surface area contributed by atoms with Crippen LogP contribution in [0, 0.1) is 0 Å².